The quantitative estimate of drug-likeness (QED) is 0.873. The summed E-state index contributed by atoms with van der Waals surface area (Å²) in [6.07, 6.45) is 0. The topological polar surface area (TPSA) is 69.6 Å². The number of carboxylic acids is 1. The number of nitrogens with zero attached hydrogens (tertiary/aromatic N) is 1. The number of carbonyl (C=O) groups is 2. The second kappa shape index (κ2) is 4.91. The van der Waals surface area contributed by atoms with Gasteiger partial charge in [0, 0.05) is 6.54 Å². The third-order valence-corrected chi connectivity index (χ3v) is 3.57. The molecule has 1 aromatic rings. The predicted octanol–water partition coefficient (Wildman–Crippen LogP) is 1.84. The van der Waals surface area contributed by atoms with E-state index in [1.54, 1.807) is 0 Å². The Labute approximate surface area is 112 Å². The number of urea groups is 1. The van der Waals surface area contributed by atoms with Gasteiger partial charge in [0.15, 0.2) is 0 Å². The summed E-state index contributed by atoms with van der Waals surface area (Å²) in [5, 5.41) is 11.8. The molecule has 0 aromatic heterocycles. The van der Waals surface area contributed by atoms with Crippen LogP contribution in [0, 0.1) is 13.8 Å². The van der Waals surface area contributed by atoms with Crippen LogP contribution in [0.2, 0.25) is 0 Å². The number of benzene rings is 1. The molecule has 19 heavy (non-hydrogen) atoms. The second-order valence-electron chi connectivity index (χ2n) is 5.03. The van der Waals surface area contributed by atoms with E-state index in [1.165, 1.54) is 11.8 Å². The molecule has 2 N–H and O–H groups in total. The molecule has 0 radical (unpaired) electrons. The molecule has 102 valence electrons. The van der Waals surface area contributed by atoms with Crippen LogP contribution < -0.4 is 5.32 Å². The third-order valence-electron chi connectivity index (χ3n) is 3.57. The van der Waals surface area contributed by atoms with Crippen LogP contribution in [0.15, 0.2) is 18.2 Å². The molecule has 2 unspecified atom stereocenters. The number of aliphatic carboxylic acids is 1. The molecule has 0 spiro atoms. The Bertz CT molecular complexity index is 527. The van der Waals surface area contributed by atoms with Crippen molar-refractivity contribution in [3.63, 3.8) is 0 Å². The smallest absolute Gasteiger partial charge is 0.326 e. The van der Waals surface area contributed by atoms with E-state index in [1.807, 2.05) is 32.0 Å². The summed E-state index contributed by atoms with van der Waals surface area (Å²) in [4.78, 5) is 24.2. The first-order chi connectivity index (χ1) is 8.90. The molecule has 1 heterocycles. The number of carboxylic acid groups (broad SMARTS) is 1. The molecule has 1 aromatic carbocycles. The van der Waals surface area contributed by atoms with Crippen LogP contribution >= 0.6 is 0 Å². The molecule has 2 atom stereocenters. The van der Waals surface area contributed by atoms with Gasteiger partial charge in [-0.05, 0) is 31.9 Å². The Kier molecular flexibility index (Phi) is 3.46. The van der Waals surface area contributed by atoms with Gasteiger partial charge < -0.3 is 15.3 Å². The molecule has 2 amide bonds. The number of amides is 2. The maximum atomic E-state index is 11.9. The Morgan fingerprint density at radius 1 is 1.47 bits per heavy atom. The van der Waals surface area contributed by atoms with Gasteiger partial charge in [0.2, 0.25) is 0 Å². The number of rotatable bonds is 3. The fourth-order valence-electron chi connectivity index (χ4n) is 2.34. The Morgan fingerprint density at radius 2 is 2.16 bits per heavy atom. The summed E-state index contributed by atoms with van der Waals surface area (Å²) in [5.41, 5.74) is 3.27. The number of carbonyl (C=O) groups excluding carboxylic acids is 1. The summed E-state index contributed by atoms with van der Waals surface area (Å²) in [6, 6.07) is 4.80. The van der Waals surface area contributed by atoms with Crippen molar-refractivity contribution in [1.82, 2.24) is 10.2 Å². The molecular formula is C14H18N2O3. The van der Waals surface area contributed by atoms with Crippen LogP contribution in [-0.4, -0.2) is 34.6 Å². The molecule has 0 saturated carbocycles. The van der Waals surface area contributed by atoms with Crippen molar-refractivity contribution in [2.45, 2.75) is 32.9 Å². The van der Waals surface area contributed by atoms with Crippen molar-refractivity contribution in [3.8, 4) is 0 Å². The zero-order chi connectivity index (χ0) is 14.2. The number of nitrogens with one attached hydrogen (secondary N) is 1. The standard InChI is InChI=1S/C14H18N2O3/c1-8-4-5-9(2)11(6-8)12-7-16(14(19)15-12)10(3)13(17)18/h4-6,10,12H,7H2,1-3H3,(H,15,19)(H,17,18). The van der Waals surface area contributed by atoms with E-state index in [0.717, 1.165) is 16.7 Å². The molecule has 1 aliphatic rings. The van der Waals surface area contributed by atoms with Gasteiger partial charge in [0.25, 0.3) is 0 Å². The lowest BCUT2D eigenvalue weighted by Gasteiger charge is -2.19. The number of aryl methyl sites for hydroxylation is 2. The van der Waals surface area contributed by atoms with E-state index < -0.39 is 12.0 Å². The lowest BCUT2D eigenvalue weighted by molar-refractivity contribution is -0.141. The van der Waals surface area contributed by atoms with Crippen LogP contribution in [0.4, 0.5) is 4.79 Å². The van der Waals surface area contributed by atoms with Crippen molar-refractivity contribution in [2.24, 2.45) is 0 Å². The highest BCUT2D eigenvalue weighted by Crippen LogP contribution is 2.25. The maximum absolute atomic E-state index is 11.9. The van der Waals surface area contributed by atoms with E-state index >= 15 is 0 Å². The van der Waals surface area contributed by atoms with E-state index in [9.17, 15) is 9.59 Å². The summed E-state index contributed by atoms with van der Waals surface area (Å²) in [7, 11) is 0. The SMILES string of the molecule is Cc1ccc(C)c(C2CN(C(C)C(=O)O)C(=O)N2)c1. The second-order valence-corrected chi connectivity index (χ2v) is 5.03. The van der Waals surface area contributed by atoms with Gasteiger partial charge in [-0.15, -0.1) is 0 Å². The van der Waals surface area contributed by atoms with Crippen molar-refractivity contribution in [2.75, 3.05) is 6.54 Å². The zero-order valence-electron chi connectivity index (χ0n) is 11.3. The van der Waals surface area contributed by atoms with Crippen molar-refractivity contribution < 1.29 is 14.7 Å². The minimum Gasteiger partial charge on any atom is -0.480 e. The van der Waals surface area contributed by atoms with E-state index in [4.69, 9.17) is 5.11 Å². The van der Waals surface area contributed by atoms with Gasteiger partial charge in [0.1, 0.15) is 6.04 Å². The van der Waals surface area contributed by atoms with Crippen molar-refractivity contribution in [3.05, 3.63) is 34.9 Å². The van der Waals surface area contributed by atoms with E-state index in [-0.39, 0.29) is 12.1 Å². The van der Waals surface area contributed by atoms with Gasteiger partial charge in [-0.2, -0.15) is 0 Å². The highest BCUT2D eigenvalue weighted by molar-refractivity contribution is 5.84. The molecule has 2 rings (SSSR count). The predicted molar refractivity (Wildman–Crippen MR) is 71.0 cm³/mol. The van der Waals surface area contributed by atoms with E-state index in [0.29, 0.717) is 6.54 Å². The molecule has 5 nitrogen and oxygen atoms in total. The average Bonchev–Trinajstić information content (AvgIpc) is 2.73. The van der Waals surface area contributed by atoms with Gasteiger partial charge in [0.05, 0.1) is 6.04 Å². The highest BCUT2D eigenvalue weighted by atomic mass is 16.4. The minimum absolute atomic E-state index is 0.144. The lowest BCUT2D eigenvalue weighted by Crippen LogP contribution is -2.40. The Morgan fingerprint density at radius 3 is 2.79 bits per heavy atom. The van der Waals surface area contributed by atoms with Gasteiger partial charge >= 0.3 is 12.0 Å². The Hall–Kier alpha value is -2.04. The summed E-state index contributed by atoms with van der Waals surface area (Å²) >= 11 is 0. The first-order valence-electron chi connectivity index (χ1n) is 6.27. The minimum atomic E-state index is -0.989. The van der Waals surface area contributed by atoms with Gasteiger partial charge in [-0.1, -0.05) is 23.8 Å². The Balaban J connectivity index is 2.23. The van der Waals surface area contributed by atoms with Crippen LogP contribution in [0.5, 0.6) is 0 Å². The summed E-state index contributed by atoms with van der Waals surface area (Å²) in [6.45, 7) is 5.89. The number of hydrogen-bond acceptors (Lipinski definition) is 2. The zero-order valence-corrected chi connectivity index (χ0v) is 11.3. The summed E-state index contributed by atoms with van der Waals surface area (Å²) < 4.78 is 0. The first-order valence-corrected chi connectivity index (χ1v) is 6.27. The highest BCUT2D eigenvalue weighted by Gasteiger charge is 2.35. The fourth-order valence-corrected chi connectivity index (χ4v) is 2.34. The average molecular weight is 262 g/mol. The molecular weight excluding hydrogens is 244 g/mol. The number of hydrogen-bond donors (Lipinski definition) is 2. The monoisotopic (exact) mass is 262 g/mol. The van der Waals surface area contributed by atoms with Crippen LogP contribution in [-0.2, 0) is 4.79 Å². The van der Waals surface area contributed by atoms with Gasteiger partial charge in [-0.3, -0.25) is 0 Å². The molecule has 1 aliphatic heterocycles. The first kappa shape index (κ1) is 13.4. The van der Waals surface area contributed by atoms with Crippen molar-refractivity contribution >= 4 is 12.0 Å². The lowest BCUT2D eigenvalue weighted by atomic mass is 9.99. The largest absolute Gasteiger partial charge is 0.480 e. The maximum Gasteiger partial charge on any atom is 0.326 e. The van der Waals surface area contributed by atoms with Crippen LogP contribution in [0.3, 0.4) is 0 Å². The molecule has 5 heteroatoms. The molecule has 0 bridgehead atoms. The summed E-state index contributed by atoms with van der Waals surface area (Å²) in [5.74, 6) is -0.989. The molecule has 1 fully saturated rings. The fraction of sp³-hybridized carbons (Fsp3) is 0.429. The molecule has 1 saturated heterocycles. The third kappa shape index (κ3) is 2.54. The normalized spacial score (nSPS) is 20.3. The molecule has 0 aliphatic carbocycles. The van der Waals surface area contributed by atoms with Gasteiger partial charge in [-0.25, -0.2) is 9.59 Å². The van der Waals surface area contributed by atoms with Crippen LogP contribution in [0.25, 0.3) is 0 Å². The van der Waals surface area contributed by atoms with Crippen molar-refractivity contribution in [1.29, 1.82) is 0 Å². The van der Waals surface area contributed by atoms with E-state index in [2.05, 4.69) is 5.32 Å². The van der Waals surface area contributed by atoms with Crippen LogP contribution in [0.1, 0.15) is 29.7 Å².